The lowest BCUT2D eigenvalue weighted by Gasteiger charge is -2.46. The van der Waals surface area contributed by atoms with Crippen LogP contribution in [0.2, 0.25) is 0 Å². The van der Waals surface area contributed by atoms with Crippen LogP contribution < -0.4 is 16.4 Å². The molecule has 1 aromatic heterocycles. The van der Waals surface area contributed by atoms with Gasteiger partial charge in [0.05, 0.1) is 10.9 Å². The van der Waals surface area contributed by atoms with Crippen LogP contribution in [0.15, 0.2) is 170 Å². The van der Waals surface area contributed by atoms with Gasteiger partial charge in [0.25, 0.3) is 0 Å². The maximum absolute atomic E-state index is 2.57. The van der Waals surface area contributed by atoms with Crippen molar-refractivity contribution >= 4 is 44.9 Å². The summed E-state index contributed by atoms with van der Waals surface area (Å²) in [6.45, 7) is 0.0867. The van der Waals surface area contributed by atoms with Gasteiger partial charge >= 0.3 is 0 Å². The molecule has 3 heterocycles. The van der Waals surface area contributed by atoms with Gasteiger partial charge in [-0.2, -0.15) is 0 Å². The third-order valence-corrected chi connectivity index (χ3v) is 10.4. The van der Waals surface area contributed by atoms with Crippen molar-refractivity contribution in [2.24, 2.45) is 0 Å². The quantitative estimate of drug-likeness (QED) is 0.190. The molecular weight excluding hydrogens is 541 g/mol. The summed E-state index contributed by atoms with van der Waals surface area (Å²) in [5.74, 6) is 0. The lowest BCUT2D eigenvalue weighted by Crippen LogP contribution is -2.64. The highest BCUT2D eigenvalue weighted by Crippen LogP contribution is 2.48. The van der Waals surface area contributed by atoms with Crippen LogP contribution in [0.4, 0.5) is 0 Å². The summed E-state index contributed by atoms with van der Waals surface area (Å²) in [5, 5.41) is 2.62. The van der Waals surface area contributed by atoms with E-state index in [4.69, 9.17) is 0 Å². The van der Waals surface area contributed by atoms with Gasteiger partial charge in [0.1, 0.15) is 0 Å². The first-order chi connectivity index (χ1) is 22.4. The van der Waals surface area contributed by atoms with Gasteiger partial charge in [-0.15, -0.1) is 0 Å². The van der Waals surface area contributed by atoms with Crippen LogP contribution in [-0.4, -0.2) is 11.3 Å². The topological polar surface area (TPSA) is 4.93 Å². The molecule has 7 aromatic carbocycles. The number of rotatable bonds is 3. The van der Waals surface area contributed by atoms with Crippen LogP contribution in [0, 0.1) is 0 Å². The van der Waals surface area contributed by atoms with Crippen molar-refractivity contribution in [1.29, 1.82) is 0 Å². The Balaban J connectivity index is 1.45. The Morgan fingerprint density at radius 2 is 1.07 bits per heavy atom. The second kappa shape index (κ2) is 9.20. The predicted molar refractivity (Wildman–Crippen MR) is 189 cm³/mol. The maximum atomic E-state index is 2.57. The second-order valence-corrected chi connectivity index (χ2v) is 12.4. The molecule has 0 fully saturated rings. The molecule has 0 atom stereocenters. The molecule has 0 amide bonds. The fraction of sp³-hybridized carbons (Fsp3) is 0.0233. The molecule has 0 saturated heterocycles. The number of fused-ring (bicyclic) bond motifs is 7. The number of hydrogen-bond acceptors (Lipinski definition) is 0. The first kappa shape index (κ1) is 24.8. The standard InChI is InChI=1S/C43H28BN/c1-4-15-29(16-5-1)32-27-28-34-33-21-10-13-25-38(33)45-39-26-14-23-36-41(39)44(40(32)42(34)45)37-24-12-11-22-35(37)43(36,30-17-6-2-7-18-30)31-19-8-3-9-20-31/h1-28H. The van der Waals surface area contributed by atoms with Gasteiger partial charge in [-0.1, -0.05) is 163 Å². The van der Waals surface area contributed by atoms with E-state index in [1.807, 2.05) is 0 Å². The van der Waals surface area contributed by atoms with Crippen molar-refractivity contribution in [3.8, 4) is 16.8 Å². The average molecular weight is 570 g/mol. The average Bonchev–Trinajstić information content (AvgIpc) is 3.46. The van der Waals surface area contributed by atoms with Gasteiger partial charge in [0.2, 0.25) is 6.71 Å². The molecule has 45 heavy (non-hydrogen) atoms. The zero-order valence-corrected chi connectivity index (χ0v) is 24.7. The number of hydrogen-bond donors (Lipinski definition) is 0. The molecule has 1 nitrogen and oxygen atoms in total. The zero-order chi connectivity index (χ0) is 29.5. The lowest BCUT2D eigenvalue weighted by atomic mass is 9.29. The molecule has 2 heteroatoms. The summed E-state index contributed by atoms with van der Waals surface area (Å²) in [4.78, 5) is 0. The minimum atomic E-state index is -0.470. The van der Waals surface area contributed by atoms with Gasteiger partial charge in [-0.05, 0) is 56.4 Å². The molecule has 0 aliphatic carbocycles. The molecule has 0 saturated carbocycles. The summed E-state index contributed by atoms with van der Waals surface area (Å²) < 4.78 is 2.57. The molecular formula is C43H28BN. The molecule has 0 bridgehead atoms. The molecule has 0 radical (unpaired) electrons. The van der Waals surface area contributed by atoms with E-state index in [0.29, 0.717) is 0 Å². The number of para-hydroxylation sites is 1. The second-order valence-electron chi connectivity index (χ2n) is 12.4. The van der Waals surface area contributed by atoms with Crippen molar-refractivity contribution in [3.05, 3.63) is 192 Å². The summed E-state index contributed by atoms with van der Waals surface area (Å²) in [5.41, 5.74) is 15.5. The van der Waals surface area contributed by atoms with E-state index in [0.717, 1.165) is 0 Å². The Labute approximate surface area is 263 Å². The van der Waals surface area contributed by atoms with Gasteiger partial charge in [0.15, 0.2) is 0 Å². The van der Waals surface area contributed by atoms with E-state index in [-0.39, 0.29) is 6.71 Å². The van der Waals surface area contributed by atoms with E-state index in [1.165, 1.54) is 77.3 Å². The van der Waals surface area contributed by atoms with E-state index in [9.17, 15) is 0 Å². The molecule has 10 rings (SSSR count). The molecule has 0 unspecified atom stereocenters. The first-order valence-electron chi connectivity index (χ1n) is 15.8. The lowest BCUT2D eigenvalue weighted by molar-refractivity contribution is 0.750. The van der Waals surface area contributed by atoms with E-state index in [1.54, 1.807) is 0 Å². The van der Waals surface area contributed by atoms with Crippen molar-refractivity contribution < 1.29 is 0 Å². The predicted octanol–water partition coefficient (Wildman–Crippen LogP) is 7.98. The SMILES string of the molecule is c1ccc(-c2ccc3c4ccccc4n4c3c2B2c3ccccc3C(c3ccccc3)(c3ccccc3)c3cccc-4c32)cc1. The van der Waals surface area contributed by atoms with Gasteiger partial charge in [0, 0.05) is 22.0 Å². The van der Waals surface area contributed by atoms with Crippen molar-refractivity contribution in [1.82, 2.24) is 4.57 Å². The Bertz CT molecular complexity index is 2380. The van der Waals surface area contributed by atoms with Crippen LogP contribution >= 0.6 is 0 Å². The van der Waals surface area contributed by atoms with E-state index < -0.39 is 5.41 Å². The summed E-state index contributed by atoms with van der Waals surface area (Å²) >= 11 is 0. The van der Waals surface area contributed by atoms with Crippen LogP contribution in [0.3, 0.4) is 0 Å². The third kappa shape index (κ3) is 3.14. The van der Waals surface area contributed by atoms with Crippen LogP contribution in [-0.2, 0) is 5.41 Å². The van der Waals surface area contributed by atoms with E-state index >= 15 is 0 Å². The highest BCUT2D eigenvalue weighted by Gasteiger charge is 2.51. The Morgan fingerprint density at radius 3 is 1.82 bits per heavy atom. The van der Waals surface area contributed by atoms with Gasteiger partial charge < -0.3 is 4.57 Å². The smallest absolute Gasteiger partial charge is 0.248 e. The minimum absolute atomic E-state index is 0.0867. The van der Waals surface area contributed by atoms with Crippen molar-refractivity contribution in [3.63, 3.8) is 0 Å². The zero-order valence-electron chi connectivity index (χ0n) is 24.7. The van der Waals surface area contributed by atoms with Crippen molar-refractivity contribution in [2.45, 2.75) is 5.41 Å². The highest BCUT2D eigenvalue weighted by atomic mass is 15.0. The van der Waals surface area contributed by atoms with Gasteiger partial charge in [-0.25, -0.2) is 0 Å². The normalized spacial score (nSPS) is 13.9. The van der Waals surface area contributed by atoms with Crippen molar-refractivity contribution in [2.75, 3.05) is 0 Å². The number of benzene rings is 7. The molecule has 2 aliphatic heterocycles. The summed E-state index contributed by atoms with van der Waals surface area (Å²) in [7, 11) is 0. The van der Waals surface area contributed by atoms with Crippen LogP contribution in [0.25, 0.3) is 38.6 Å². The molecule has 0 N–H and O–H groups in total. The largest absolute Gasteiger partial charge is 0.310 e. The summed E-state index contributed by atoms with van der Waals surface area (Å²) in [6.07, 6.45) is 0. The Hall–Kier alpha value is -5.60. The molecule has 0 spiro atoms. The number of nitrogens with zero attached hydrogens (tertiary/aromatic N) is 1. The fourth-order valence-electron chi connectivity index (χ4n) is 8.73. The third-order valence-electron chi connectivity index (χ3n) is 10.4. The van der Waals surface area contributed by atoms with E-state index in [2.05, 4.69) is 174 Å². The molecule has 208 valence electrons. The van der Waals surface area contributed by atoms with Crippen LogP contribution in [0.5, 0.6) is 0 Å². The fourth-order valence-corrected chi connectivity index (χ4v) is 8.73. The Kier molecular flexibility index (Phi) is 5.07. The maximum Gasteiger partial charge on any atom is 0.248 e. The number of aromatic nitrogens is 1. The van der Waals surface area contributed by atoms with Crippen LogP contribution in [0.1, 0.15) is 22.3 Å². The molecule has 2 aliphatic rings. The molecule has 8 aromatic rings. The minimum Gasteiger partial charge on any atom is -0.310 e. The highest BCUT2D eigenvalue weighted by molar-refractivity contribution is 6.99. The van der Waals surface area contributed by atoms with Gasteiger partial charge in [-0.3, -0.25) is 0 Å². The first-order valence-corrected chi connectivity index (χ1v) is 15.8. The Morgan fingerprint density at radius 1 is 0.444 bits per heavy atom. The monoisotopic (exact) mass is 569 g/mol. The summed E-state index contributed by atoms with van der Waals surface area (Å²) in [6, 6.07) is 63.2.